The summed E-state index contributed by atoms with van der Waals surface area (Å²) in [6.45, 7) is 3.30. The van der Waals surface area contributed by atoms with Crippen LogP contribution in [-0.2, 0) is 6.54 Å². The van der Waals surface area contributed by atoms with Gasteiger partial charge in [0.05, 0.1) is 26.9 Å². The van der Waals surface area contributed by atoms with E-state index in [-0.39, 0.29) is 11.9 Å². The molecule has 0 unspecified atom stereocenters. The molecule has 0 saturated carbocycles. The van der Waals surface area contributed by atoms with Crippen LogP contribution in [-0.4, -0.2) is 59.3 Å². The number of benzene rings is 2. The molecule has 10 heteroatoms. The molecule has 1 amide bonds. The molecule has 0 fully saturated rings. The number of hydrogen-bond acceptors (Lipinski definition) is 8. The van der Waals surface area contributed by atoms with Crippen LogP contribution in [0.1, 0.15) is 35.6 Å². The SMILES string of the molecule is CCn1c(SCCOc2ccc(OC)cc2)nnc1[C@H](CCSC)NC(=O)c1ccc(OC)cc1. The first-order valence-corrected chi connectivity index (χ1v) is 13.7. The first kappa shape index (κ1) is 26.7. The third-order valence-corrected chi connectivity index (χ3v) is 6.86. The monoisotopic (exact) mass is 516 g/mol. The van der Waals surface area contributed by atoms with E-state index >= 15 is 0 Å². The molecule has 3 rings (SSSR count). The lowest BCUT2D eigenvalue weighted by molar-refractivity contribution is 0.0933. The summed E-state index contributed by atoms with van der Waals surface area (Å²) in [5.74, 6) is 4.53. The quantitative estimate of drug-likeness (QED) is 0.243. The minimum absolute atomic E-state index is 0.147. The van der Waals surface area contributed by atoms with Gasteiger partial charge in [-0.2, -0.15) is 11.8 Å². The fourth-order valence-electron chi connectivity index (χ4n) is 3.41. The van der Waals surface area contributed by atoms with Gasteiger partial charge in [-0.25, -0.2) is 0 Å². The average Bonchev–Trinajstić information content (AvgIpc) is 3.32. The average molecular weight is 517 g/mol. The van der Waals surface area contributed by atoms with Gasteiger partial charge in [-0.3, -0.25) is 4.79 Å². The predicted molar refractivity (Wildman–Crippen MR) is 141 cm³/mol. The third-order valence-electron chi connectivity index (χ3n) is 5.28. The topological polar surface area (TPSA) is 87.5 Å². The minimum atomic E-state index is -0.241. The summed E-state index contributed by atoms with van der Waals surface area (Å²) in [6, 6.07) is 14.4. The summed E-state index contributed by atoms with van der Waals surface area (Å²) < 4.78 is 18.3. The molecule has 2 aromatic carbocycles. The molecule has 1 heterocycles. The number of hydrogen-bond donors (Lipinski definition) is 1. The number of rotatable bonds is 14. The molecular formula is C25H32N4O4S2. The van der Waals surface area contributed by atoms with Crippen molar-refractivity contribution in [2.75, 3.05) is 38.6 Å². The maximum absolute atomic E-state index is 12.9. The number of nitrogens with one attached hydrogen (secondary N) is 1. The summed E-state index contributed by atoms with van der Waals surface area (Å²) in [5.41, 5.74) is 0.577. The van der Waals surface area contributed by atoms with E-state index < -0.39 is 0 Å². The number of methoxy groups -OCH3 is 2. The predicted octanol–water partition coefficient (Wildman–Crippen LogP) is 4.71. The standard InChI is InChI=1S/C25H32N4O4S2/c1-5-29-23(22(14-16-34-4)26-24(30)18-6-8-19(31-2)9-7-18)27-28-25(29)35-17-15-33-21-12-10-20(32-3)11-13-21/h6-13,22H,5,14-17H2,1-4H3,(H,26,30)/t22-/m0/s1. The minimum Gasteiger partial charge on any atom is -0.497 e. The lowest BCUT2D eigenvalue weighted by Crippen LogP contribution is -2.31. The second-order valence-electron chi connectivity index (χ2n) is 7.49. The first-order valence-electron chi connectivity index (χ1n) is 11.4. The van der Waals surface area contributed by atoms with Gasteiger partial charge < -0.3 is 24.1 Å². The van der Waals surface area contributed by atoms with Gasteiger partial charge in [-0.1, -0.05) is 11.8 Å². The Morgan fingerprint density at radius 1 is 0.971 bits per heavy atom. The Bertz CT molecular complexity index is 1060. The molecule has 3 aromatic rings. The highest BCUT2D eigenvalue weighted by Gasteiger charge is 2.23. The van der Waals surface area contributed by atoms with Gasteiger partial charge in [-0.15, -0.1) is 10.2 Å². The van der Waals surface area contributed by atoms with E-state index in [0.717, 1.165) is 40.4 Å². The van der Waals surface area contributed by atoms with Crippen LogP contribution < -0.4 is 19.5 Å². The summed E-state index contributed by atoms with van der Waals surface area (Å²) in [7, 11) is 3.24. The normalized spacial score (nSPS) is 11.7. The number of ether oxygens (including phenoxy) is 3. The Morgan fingerprint density at radius 3 is 2.20 bits per heavy atom. The van der Waals surface area contributed by atoms with Crippen LogP contribution in [0.15, 0.2) is 53.7 Å². The first-order chi connectivity index (χ1) is 17.1. The van der Waals surface area contributed by atoms with E-state index in [0.29, 0.717) is 24.5 Å². The number of amides is 1. The van der Waals surface area contributed by atoms with Crippen molar-refractivity contribution >= 4 is 29.4 Å². The number of carbonyl (C=O) groups is 1. The number of carbonyl (C=O) groups excluding carboxylic acids is 1. The second-order valence-corrected chi connectivity index (χ2v) is 9.54. The smallest absolute Gasteiger partial charge is 0.251 e. The van der Waals surface area contributed by atoms with Crippen molar-refractivity contribution in [1.82, 2.24) is 20.1 Å². The van der Waals surface area contributed by atoms with Gasteiger partial charge >= 0.3 is 0 Å². The molecule has 35 heavy (non-hydrogen) atoms. The van der Waals surface area contributed by atoms with E-state index in [9.17, 15) is 4.79 Å². The van der Waals surface area contributed by atoms with Crippen LogP contribution in [0.4, 0.5) is 0 Å². The van der Waals surface area contributed by atoms with Crippen molar-refractivity contribution in [3.63, 3.8) is 0 Å². The van der Waals surface area contributed by atoms with Crippen molar-refractivity contribution in [2.45, 2.75) is 31.1 Å². The molecule has 1 aromatic heterocycles. The lowest BCUT2D eigenvalue weighted by Gasteiger charge is -2.19. The molecule has 8 nitrogen and oxygen atoms in total. The van der Waals surface area contributed by atoms with Crippen molar-refractivity contribution in [1.29, 1.82) is 0 Å². The molecule has 0 aliphatic heterocycles. The molecule has 0 saturated heterocycles. The Balaban J connectivity index is 1.64. The van der Waals surface area contributed by atoms with E-state index in [1.54, 1.807) is 62.0 Å². The summed E-state index contributed by atoms with van der Waals surface area (Å²) in [6.07, 6.45) is 2.81. The maximum Gasteiger partial charge on any atom is 0.251 e. The van der Waals surface area contributed by atoms with E-state index in [4.69, 9.17) is 14.2 Å². The zero-order valence-electron chi connectivity index (χ0n) is 20.5. The molecule has 0 spiro atoms. The zero-order chi connectivity index (χ0) is 25.0. The highest BCUT2D eigenvalue weighted by Crippen LogP contribution is 2.24. The summed E-state index contributed by atoms with van der Waals surface area (Å²) in [5, 5.41) is 12.8. The van der Waals surface area contributed by atoms with Crippen molar-refractivity contribution < 1.29 is 19.0 Å². The van der Waals surface area contributed by atoms with Gasteiger partial charge in [0.1, 0.15) is 17.2 Å². The Labute approximate surface area is 215 Å². The Hall–Kier alpha value is -2.85. The molecule has 1 atom stereocenters. The van der Waals surface area contributed by atoms with Crippen LogP contribution in [0, 0.1) is 0 Å². The zero-order valence-corrected chi connectivity index (χ0v) is 22.2. The maximum atomic E-state index is 12.9. The largest absolute Gasteiger partial charge is 0.497 e. The fourth-order valence-corrected chi connectivity index (χ4v) is 4.71. The second kappa shape index (κ2) is 13.9. The molecule has 0 bridgehead atoms. The molecule has 0 aliphatic rings. The molecular weight excluding hydrogens is 484 g/mol. The van der Waals surface area contributed by atoms with Crippen LogP contribution in [0.3, 0.4) is 0 Å². The van der Waals surface area contributed by atoms with Gasteiger partial charge in [0.2, 0.25) is 0 Å². The molecule has 0 aliphatic carbocycles. The number of thioether (sulfide) groups is 2. The molecule has 188 valence electrons. The fraction of sp³-hybridized carbons (Fsp3) is 0.400. The van der Waals surface area contributed by atoms with E-state index in [1.165, 1.54) is 0 Å². The van der Waals surface area contributed by atoms with Crippen molar-refractivity contribution in [3.05, 3.63) is 59.9 Å². The Kier molecular flexibility index (Phi) is 10.6. The van der Waals surface area contributed by atoms with Gasteiger partial charge in [0.25, 0.3) is 5.91 Å². The van der Waals surface area contributed by atoms with Crippen LogP contribution >= 0.6 is 23.5 Å². The summed E-state index contributed by atoms with van der Waals surface area (Å²) >= 11 is 3.32. The summed E-state index contributed by atoms with van der Waals surface area (Å²) in [4.78, 5) is 12.9. The van der Waals surface area contributed by atoms with Crippen LogP contribution in [0.2, 0.25) is 0 Å². The lowest BCUT2D eigenvalue weighted by atomic mass is 10.1. The van der Waals surface area contributed by atoms with Crippen LogP contribution in [0.25, 0.3) is 0 Å². The number of aromatic nitrogens is 3. The van der Waals surface area contributed by atoms with Crippen LogP contribution in [0.5, 0.6) is 17.2 Å². The van der Waals surface area contributed by atoms with E-state index in [1.807, 2.05) is 24.3 Å². The third kappa shape index (κ3) is 7.57. The molecule has 0 radical (unpaired) electrons. The molecule has 1 N–H and O–H groups in total. The number of nitrogens with zero attached hydrogens (tertiary/aromatic N) is 3. The van der Waals surface area contributed by atoms with Gasteiger partial charge in [0, 0.05) is 17.9 Å². The highest BCUT2D eigenvalue weighted by molar-refractivity contribution is 7.99. The highest BCUT2D eigenvalue weighted by atomic mass is 32.2. The Morgan fingerprint density at radius 2 is 1.60 bits per heavy atom. The van der Waals surface area contributed by atoms with Crippen molar-refractivity contribution in [3.8, 4) is 17.2 Å². The van der Waals surface area contributed by atoms with Gasteiger partial charge in [0.15, 0.2) is 11.0 Å². The van der Waals surface area contributed by atoms with Gasteiger partial charge in [-0.05, 0) is 73.9 Å². The van der Waals surface area contributed by atoms with Crippen molar-refractivity contribution in [2.24, 2.45) is 0 Å². The van der Waals surface area contributed by atoms with E-state index in [2.05, 4.69) is 33.3 Å².